The number of carbonyl (C=O) groups is 2. The number of fused-ring (bicyclic) bond motifs is 1. The summed E-state index contributed by atoms with van der Waals surface area (Å²) in [4.78, 5) is 25.0. The molecule has 0 N–H and O–H groups in total. The van der Waals surface area contributed by atoms with Gasteiger partial charge in [-0.1, -0.05) is 19.1 Å². The first-order valence-electron chi connectivity index (χ1n) is 7.97. The number of rotatable bonds is 2. The van der Waals surface area contributed by atoms with Gasteiger partial charge in [-0.25, -0.2) is 0 Å². The molecule has 2 unspecified atom stereocenters. The summed E-state index contributed by atoms with van der Waals surface area (Å²) >= 11 is 0. The number of hydrogen-bond donors (Lipinski definition) is 0. The van der Waals surface area contributed by atoms with Crippen molar-refractivity contribution in [3.63, 3.8) is 0 Å². The average Bonchev–Trinajstić information content (AvgIpc) is 2.52. The van der Waals surface area contributed by atoms with E-state index in [1.165, 1.54) is 0 Å². The molecule has 0 aliphatic heterocycles. The third-order valence-corrected chi connectivity index (χ3v) is 5.25. The van der Waals surface area contributed by atoms with Crippen LogP contribution in [0, 0.1) is 11.3 Å². The van der Waals surface area contributed by atoms with Gasteiger partial charge < -0.3 is 4.74 Å². The molecule has 3 rings (SSSR count). The van der Waals surface area contributed by atoms with Crippen LogP contribution in [0.5, 0.6) is 5.75 Å². The van der Waals surface area contributed by atoms with Crippen LogP contribution in [0.15, 0.2) is 29.8 Å². The zero-order valence-electron chi connectivity index (χ0n) is 13.2. The molecule has 3 nitrogen and oxygen atoms in total. The standard InChI is InChI=1S/C19H22O3/c1-19-11-3-4-17(20)16(19)10-7-14(18(19)21)12-13-5-8-15(22-2)9-6-13/h5-6,8-9,12,16H,3-4,7,10-11H2,1-2H3. The lowest BCUT2D eigenvalue weighted by molar-refractivity contribution is -0.142. The summed E-state index contributed by atoms with van der Waals surface area (Å²) in [6.07, 6.45) is 5.81. The van der Waals surface area contributed by atoms with Crippen LogP contribution in [0.4, 0.5) is 0 Å². The SMILES string of the molecule is COc1ccc(C=C2CCC3C(=O)CCCC3(C)C2=O)cc1. The lowest BCUT2D eigenvalue weighted by Crippen LogP contribution is -2.46. The van der Waals surface area contributed by atoms with Gasteiger partial charge in [0.15, 0.2) is 5.78 Å². The highest BCUT2D eigenvalue weighted by Crippen LogP contribution is 2.48. The summed E-state index contributed by atoms with van der Waals surface area (Å²) < 4.78 is 5.15. The van der Waals surface area contributed by atoms with E-state index < -0.39 is 5.41 Å². The van der Waals surface area contributed by atoms with Crippen LogP contribution in [-0.4, -0.2) is 18.7 Å². The van der Waals surface area contributed by atoms with Gasteiger partial charge in [-0.05, 0) is 55.0 Å². The molecule has 2 atom stereocenters. The Bertz CT molecular complexity index is 627. The lowest BCUT2D eigenvalue weighted by Gasteiger charge is -2.43. The van der Waals surface area contributed by atoms with Crippen LogP contribution in [0.1, 0.15) is 44.6 Å². The molecule has 2 aliphatic carbocycles. The summed E-state index contributed by atoms with van der Waals surface area (Å²) in [5.41, 5.74) is 1.39. The molecule has 116 valence electrons. The Morgan fingerprint density at radius 3 is 2.59 bits per heavy atom. The van der Waals surface area contributed by atoms with Crippen LogP contribution in [0.25, 0.3) is 6.08 Å². The topological polar surface area (TPSA) is 43.4 Å². The molecular formula is C19H22O3. The fourth-order valence-corrected chi connectivity index (χ4v) is 3.90. The number of methoxy groups -OCH3 is 1. The highest BCUT2D eigenvalue weighted by molar-refractivity contribution is 6.07. The summed E-state index contributed by atoms with van der Waals surface area (Å²) in [7, 11) is 1.64. The minimum atomic E-state index is -0.480. The maximum absolute atomic E-state index is 12.9. The molecule has 1 aromatic rings. The Morgan fingerprint density at radius 1 is 1.18 bits per heavy atom. The fourth-order valence-electron chi connectivity index (χ4n) is 3.90. The highest BCUT2D eigenvalue weighted by atomic mass is 16.5. The zero-order valence-corrected chi connectivity index (χ0v) is 13.2. The van der Waals surface area contributed by atoms with Crippen LogP contribution in [0.2, 0.25) is 0 Å². The number of carbonyl (C=O) groups excluding carboxylic acids is 2. The van der Waals surface area contributed by atoms with E-state index in [0.717, 1.165) is 36.1 Å². The van der Waals surface area contributed by atoms with Gasteiger partial charge in [0.1, 0.15) is 11.5 Å². The van der Waals surface area contributed by atoms with Crippen LogP contribution < -0.4 is 4.74 Å². The third-order valence-electron chi connectivity index (χ3n) is 5.25. The van der Waals surface area contributed by atoms with E-state index in [4.69, 9.17) is 4.74 Å². The third kappa shape index (κ3) is 2.49. The molecule has 0 bridgehead atoms. The van der Waals surface area contributed by atoms with Gasteiger partial charge in [-0.2, -0.15) is 0 Å². The summed E-state index contributed by atoms with van der Waals surface area (Å²) in [5, 5.41) is 0. The predicted molar refractivity (Wildman–Crippen MR) is 85.7 cm³/mol. The summed E-state index contributed by atoms with van der Waals surface area (Å²) in [6, 6.07) is 7.71. The minimum Gasteiger partial charge on any atom is -0.497 e. The van der Waals surface area contributed by atoms with Crippen LogP contribution in [-0.2, 0) is 9.59 Å². The molecule has 0 radical (unpaired) electrons. The van der Waals surface area contributed by atoms with Gasteiger partial charge in [0.25, 0.3) is 0 Å². The molecular weight excluding hydrogens is 276 g/mol. The van der Waals surface area contributed by atoms with E-state index in [9.17, 15) is 9.59 Å². The van der Waals surface area contributed by atoms with Crippen molar-refractivity contribution in [2.75, 3.05) is 7.11 Å². The second-order valence-electron chi connectivity index (χ2n) is 6.60. The second kappa shape index (κ2) is 5.71. The Balaban J connectivity index is 1.87. The number of benzene rings is 1. The molecule has 0 amide bonds. The lowest BCUT2D eigenvalue weighted by atomic mass is 9.58. The van der Waals surface area contributed by atoms with Crippen molar-refractivity contribution in [3.05, 3.63) is 35.4 Å². The second-order valence-corrected chi connectivity index (χ2v) is 6.60. The Hall–Kier alpha value is -1.90. The number of ketones is 2. The van der Waals surface area contributed by atoms with Crippen molar-refractivity contribution < 1.29 is 14.3 Å². The number of hydrogen-bond acceptors (Lipinski definition) is 3. The smallest absolute Gasteiger partial charge is 0.165 e. The van der Waals surface area contributed by atoms with E-state index in [1.54, 1.807) is 7.11 Å². The summed E-state index contributed by atoms with van der Waals surface area (Å²) in [6.45, 7) is 1.98. The van der Waals surface area contributed by atoms with Crippen molar-refractivity contribution >= 4 is 17.6 Å². The van der Waals surface area contributed by atoms with E-state index in [2.05, 4.69) is 0 Å². The molecule has 2 saturated carbocycles. The van der Waals surface area contributed by atoms with Gasteiger partial charge in [0, 0.05) is 17.8 Å². The molecule has 2 aliphatic rings. The number of Topliss-reactive ketones (excluding diaryl/α,β-unsaturated/α-hetero) is 2. The van der Waals surface area contributed by atoms with Crippen LogP contribution >= 0.6 is 0 Å². The van der Waals surface area contributed by atoms with Gasteiger partial charge in [0.05, 0.1) is 7.11 Å². The quantitative estimate of drug-likeness (QED) is 0.780. The van der Waals surface area contributed by atoms with Gasteiger partial charge in [-0.15, -0.1) is 0 Å². The molecule has 0 spiro atoms. The predicted octanol–water partition coefficient (Wildman–Crippen LogP) is 3.82. The first-order valence-corrected chi connectivity index (χ1v) is 7.97. The zero-order chi connectivity index (χ0) is 15.7. The van der Waals surface area contributed by atoms with Gasteiger partial charge in [-0.3, -0.25) is 9.59 Å². The van der Waals surface area contributed by atoms with Gasteiger partial charge in [0.2, 0.25) is 0 Å². The molecule has 3 heteroatoms. The number of allylic oxidation sites excluding steroid dienone is 1. The van der Waals surface area contributed by atoms with Crippen molar-refractivity contribution in [3.8, 4) is 5.75 Å². The fraction of sp³-hybridized carbons (Fsp3) is 0.474. The maximum atomic E-state index is 12.9. The van der Waals surface area contributed by atoms with E-state index >= 15 is 0 Å². The Morgan fingerprint density at radius 2 is 1.91 bits per heavy atom. The first-order chi connectivity index (χ1) is 10.5. The highest BCUT2D eigenvalue weighted by Gasteiger charge is 2.49. The van der Waals surface area contributed by atoms with Crippen molar-refractivity contribution in [2.24, 2.45) is 11.3 Å². The average molecular weight is 298 g/mol. The molecule has 22 heavy (non-hydrogen) atoms. The van der Waals surface area contributed by atoms with E-state index in [0.29, 0.717) is 12.8 Å². The minimum absolute atomic E-state index is 0.0678. The summed E-state index contributed by atoms with van der Waals surface area (Å²) in [5.74, 6) is 1.20. The van der Waals surface area contributed by atoms with Crippen molar-refractivity contribution in [2.45, 2.75) is 39.0 Å². The van der Waals surface area contributed by atoms with Gasteiger partial charge >= 0.3 is 0 Å². The maximum Gasteiger partial charge on any atom is 0.165 e. The number of ether oxygens (including phenoxy) is 1. The molecule has 0 aromatic heterocycles. The Kier molecular flexibility index (Phi) is 3.90. The van der Waals surface area contributed by atoms with Crippen LogP contribution in [0.3, 0.4) is 0 Å². The van der Waals surface area contributed by atoms with Crippen molar-refractivity contribution in [1.29, 1.82) is 0 Å². The molecule has 2 fully saturated rings. The Labute approximate surface area is 131 Å². The van der Waals surface area contributed by atoms with E-state index in [-0.39, 0.29) is 17.5 Å². The molecule has 0 heterocycles. The monoisotopic (exact) mass is 298 g/mol. The van der Waals surface area contributed by atoms with Crippen molar-refractivity contribution in [1.82, 2.24) is 0 Å². The van der Waals surface area contributed by atoms with E-state index in [1.807, 2.05) is 37.3 Å². The molecule has 1 aromatic carbocycles. The normalized spacial score (nSPS) is 30.3. The first kappa shape index (κ1) is 15.0. The largest absolute Gasteiger partial charge is 0.497 e. The molecule has 0 saturated heterocycles.